The Hall–Kier alpha value is -1.72. The van der Waals surface area contributed by atoms with Gasteiger partial charge in [-0.25, -0.2) is 4.79 Å². The zero-order valence-electron chi connectivity index (χ0n) is 14.1. The number of ether oxygens (including phenoxy) is 1. The van der Waals surface area contributed by atoms with Crippen LogP contribution in [0.25, 0.3) is 11.0 Å². The number of benzene rings is 1. The summed E-state index contributed by atoms with van der Waals surface area (Å²) in [5.41, 5.74) is 0.960. The Morgan fingerprint density at radius 2 is 2.05 bits per heavy atom. The number of hydrogen-bond donors (Lipinski definition) is 1. The number of hydrogen-bond acceptors (Lipinski definition) is 5. The third-order valence-electron chi connectivity index (χ3n) is 3.59. The number of phenolic OH excluding ortho intramolecular Hbond substituents is 1. The van der Waals surface area contributed by atoms with Crippen molar-refractivity contribution in [2.45, 2.75) is 20.8 Å². The summed E-state index contributed by atoms with van der Waals surface area (Å²) >= 11 is 0. The number of fused-ring (bicyclic) bond motifs is 1. The van der Waals surface area contributed by atoms with Crippen molar-refractivity contribution in [2.24, 2.45) is 0 Å². The van der Waals surface area contributed by atoms with E-state index in [1.54, 1.807) is 13.0 Å². The van der Waals surface area contributed by atoms with Crippen LogP contribution in [-0.4, -0.2) is 42.2 Å². The van der Waals surface area contributed by atoms with Crippen LogP contribution in [0.1, 0.15) is 31.4 Å². The zero-order chi connectivity index (χ0) is 15.4. The number of aryl methyl sites for hydroxylation is 1. The number of carbonyl (C=O) groups excluding carboxylic acids is 1. The summed E-state index contributed by atoms with van der Waals surface area (Å²) in [6.45, 7) is 8.76. The molecule has 0 aliphatic carbocycles. The van der Waals surface area contributed by atoms with Crippen LogP contribution in [0, 0.1) is 6.92 Å². The van der Waals surface area contributed by atoms with Gasteiger partial charge in [0.2, 0.25) is 0 Å². The number of carbonyl (C=O) groups is 1. The standard InChI is InChI=1S/C16H21NO4.ClH/c1-4-17(5-2)8-9-20-16(19)15-11(3)21-14-7-6-12(18)10-13(14)15;/h6-7,10,18H,4-5,8-9H2,1-3H3;1H. The molecular weight excluding hydrogens is 306 g/mol. The molecule has 0 saturated heterocycles. The topological polar surface area (TPSA) is 62.9 Å². The summed E-state index contributed by atoms with van der Waals surface area (Å²) in [5.74, 6) is 0.188. The van der Waals surface area contributed by atoms with Crippen LogP contribution in [0.2, 0.25) is 0 Å². The summed E-state index contributed by atoms with van der Waals surface area (Å²) < 4.78 is 10.8. The summed E-state index contributed by atoms with van der Waals surface area (Å²) in [4.78, 5) is 14.4. The van der Waals surface area contributed by atoms with Gasteiger partial charge < -0.3 is 31.6 Å². The Morgan fingerprint density at radius 3 is 2.68 bits per heavy atom. The fraction of sp³-hybridized carbons (Fsp3) is 0.438. The maximum absolute atomic E-state index is 12.2. The number of rotatable bonds is 6. The molecule has 6 heteroatoms. The molecule has 2 rings (SSSR count). The van der Waals surface area contributed by atoms with Crippen molar-refractivity contribution in [1.82, 2.24) is 4.90 Å². The van der Waals surface area contributed by atoms with Crippen molar-refractivity contribution in [2.75, 3.05) is 26.2 Å². The Kier molecular flexibility index (Phi) is 6.71. The van der Waals surface area contributed by atoms with Crippen molar-refractivity contribution in [1.29, 1.82) is 0 Å². The van der Waals surface area contributed by atoms with Crippen molar-refractivity contribution >= 4 is 16.9 Å². The van der Waals surface area contributed by atoms with Gasteiger partial charge in [0.25, 0.3) is 0 Å². The van der Waals surface area contributed by atoms with Gasteiger partial charge in [0, 0.05) is 11.9 Å². The summed E-state index contributed by atoms with van der Waals surface area (Å²) in [6, 6.07) is 4.69. The fourth-order valence-corrected chi connectivity index (χ4v) is 2.34. The SMILES string of the molecule is CCN(CC)CCOC(=O)c1c(C)oc2ccc(O)cc12.[Cl-].[H+]. The van der Waals surface area contributed by atoms with Crippen molar-refractivity contribution in [3.63, 3.8) is 0 Å². The minimum atomic E-state index is -0.413. The lowest BCUT2D eigenvalue weighted by Gasteiger charge is -2.17. The first-order valence-electron chi connectivity index (χ1n) is 7.18. The molecule has 1 heterocycles. The lowest BCUT2D eigenvalue weighted by Crippen LogP contribution is -3.00. The normalized spacial score (nSPS) is 10.7. The molecular formula is C16H22ClNO4. The summed E-state index contributed by atoms with van der Waals surface area (Å²) in [5, 5.41) is 10.1. The molecule has 0 radical (unpaired) electrons. The quantitative estimate of drug-likeness (QED) is 0.760. The predicted molar refractivity (Wildman–Crippen MR) is 81.8 cm³/mol. The van der Waals surface area contributed by atoms with Crippen molar-refractivity contribution in [3.8, 4) is 5.75 Å². The number of phenols is 1. The number of esters is 1. The first-order chi connectivity index (χ1) is 10.1. The molecule has 0 atom stereocenters. The van der Waals surface area contributed by atoms with Crippen molar-refractivity contribution < 1.29 is 32.9 Å². The molecule has 0 saturated carbocycles. The monoisotopic (exact) mass is 327 g/mol. The van der Waals surface area contributed by atoms with Crippen LogP contribution in [0.15, 0.2) is 22.6 Å². The first kappa shape index (κ1) is 18.3. The molecule has 1 N–H and O–H groups in total. The lowest BCUT2D eigenvalue weighted by molar-refractivity contribution is -0.0000257. The third-order valence-corrected chi connectivity index (χ3v) is 3.59. The van der Waals surface area contributed by atoms with Crippen LogP contribution >= 0.6 is 0 Å². The number of aromatic hydroxyl groups is 1. The molecule has 0 spiro atoms. The highest BCUT2D eigenvalue weighted by molar-refractivity contribution is 6.04. The van der Waals surface area contributed by atoms with Gasteiger partial charge in [-0.3, -0.25) is 0 Å². The molecule has 22 heavy (non-hydrogen) atoms. The summed E-state index contributed by atoms with van der Waals surface area (Å²) in [6.07, 6.45) is 0. The molecule has 0 unspecified atom stereocenters. The average Bonchev–Trinajstić information content (AvgIpc) is 2.78. The predicted octanol–water partition coefficient (Wildman–Crippen LogP) is 0.0619. The van der Waals surface area contributed by atoms with Crippen molar-refractivity contribution in [3.05, 3.63) is 29.5 Å². The number of halogens is 1. The van der Waals surface area contributed by atoms with Gasteiger partial charge >= 0.3 is 7.40 Å². The minimum absolute atomic E-state index is 0. The highest BCUT2D eigenvalue weighted by Crippen LogP contribution is 2.29. The molecule has 0 aliphatic heterocycles. The van der Waals surface area contributed by atoms with E-state index in [0.29, 0.717) is 35.4 Å². The molecule has 1 aromatic heterocycles. The van der Waals surface area contributed by atoms with E-state index in [1.165, 1.54) is 12.1 Å². The molecule has 2 aromatic rings. The molecule has 1 aromatic carbocycles. The third kappa shape index (κ3) is 3.93. The van der Waals surface area contributed by atoms with E-state index in [4.69, 9.17) is 9.15 Å². The molecule has 0 amide bonds. The van der Waals surface area contributed by atoms with Gasteiger partial charge in [0.05, 0.1) is 0 Å². The first-order valence-corrected chi connectivity index (χ1v) is 7.18. The molecule has 0 bridgehead atoms. The number of furan rings is 1. The van der Waals surface area contributed by atoms with E-state index in [1.807, 2.05) is 0 Å². The molecule has 5 nitrogen and oxygen atoms in total. The second kappa shape index (κ2) is 8.06. The Labute approximate surface area is 137 Å². The van der Waals surface area contributed by atoms with Crippen LogP contribution in [0.5, 0.6) is 5.75 Å². The van der Waals surface area contributed by atoms with Gasteiger partial charge in [-0.1, -0.05) is 13.8 Å². The van der Waals surface area contributed by atoms with E-state index in [0.717, 1.165) is 13.1 Å². The van der Waals surface area contributed by atoms with Gasteiger partial charge in [-0.2, -0.15) is 0 Å². The van der Waals surface area contributed by atoms with Crippen LogP contribution in [0.3, 0.4) is 0 Å². The van der Waals surface area contributed by atoms with E-state index >= 15 is 0 Å². The van der Waals surface area contributed by atoms with E-state index in [9.17, 15) is 9.90 Å². The molecule has 122 valence electrons. The van der Waals surface area contributed by atoms with Gasteiger partial charge in [0.15, 0.2) is 0 Å². The average molecular weight is 328 g/mol. The highest BCUT2D eigenvalue weighted by Gasteiger charge is 2.20. The van der Waals surface area contributed by atoms with Gasteiger partial charge in [0.1, 0.15) is 29.3 Å². The zero-order valence-corrected chi connectivity index (χ0v) is 13.8. The van der Waals surface area contributed by atoms with Gasteiger partial charge in [-0.15, -0.1) is 0 Å². The number of likely N-dealkylation sites (N-methyl/N-ethyl adjacent to an activating group) is 1. The summed E-state index contributed by atoms with van der Waals surface area (Å²) in [7, 11) is 0. The molecule has 0 aliphatic rings. The maximum atomic E-state index is 12.2. The highest BCUT2D eigenvalue weighted by atomic mass is 35.5. The van der Waals surface area contributed by atoms with Gasteiger partial charge in [-0.05, 0) is 38.2 Å². The molecule has 0 fully saturated rings. The Morgan fingerprint density at radius 1 is 1.36 bits per heavy atom. The van der Waals surface area contributed by atoms with E-state index in [-0.39, 0.29) is 19.6 Å². The fourth-order valence-electron chi connectivity index (χ4n) is 2.34. The smallest absolute Gasteiger partial charge is 1.00 e. The minimum Gasteiger partial charge on any atom is -1.00 e. The van der Waals surface area contributed by atoms with E-state index < -0.39 is 5.97 Å². The van der Waals surface area contributed by atoms with Crippen LogP contribution in [-0.2, 0) is 4.74 Å². The second-order valence-corrected chi connectivity index (χ2v) is 4.88. The number of nitrogens with zero attached hydrogens (tertiary/aromatic N) is 1. The maximum Gasteiger partial charge on any atom is 1.00 e. The Bertz CT molecular complexity index is 640. The second-order valence-electron chi connectivity index (χ2n) is 4.88. The largest absolute Gasteiger partial charge is 1.00 e. The van der Waals surface area contributed by atoms with E-state index in [2.05, 4.69) is 18.7 Å². The lowest BCUT2D eigenvalue weighted by atomic mass is 10.1. The van der Waals surface area contributed by atoms with Crippen LogP contribution in [0.4, 0.5) is 0 Å². The van der Waals surface area contributed by atoms with Crippen LogP contribution < -0.4 is 12.4 Å². The Balaban J connectivity index is 0.00000242.